The van der Waals surface area contributed by atoms with Gasteiger partial charge >= 0.3 is 6.18 Å². The van der Waals surface area contributed by atoms with Crippen LogP contribution in [0.3, 0.4) is 0 Å². The van der Waals surface area contributed by atoms with Gasteiger partial charge < -0.3 is 10.6 Å². The predicted molar refractivity (Wildman–Crippen MR) is 79.9 cm³/mol. The molecule has 1 aliphatic rings. The van der Waals surface area contributed by atoms with Crippen LogP contribution in [0.4, 0.5) is 18.9 Å². The molecule has 0 saturated heterocycles. The highest BCUT2D eigenvalue weighted by Crippen LogP contribution is 2.40. The number of carbonyl (C=O) groups is 2. The lowest BCUT2D eigenvalue weighted by Gasteiger charge is -2.11. The fourth-order valence-corrected chi connectivity index (χ4v) is 2.27. The van der Waals surface area contributed by atoms with E-state index in [1.807, 2.05) is 0 Å². The van der Waals surface area contributed by atoms with Gasteiger partial charge in [0.2, 0.25) is 11.8 Å². The largest absolute Gasteiger partial charge is 0.416 e. The van der Waals surface area contributed by atoms with Gasteiger partial charge in [0, 0.05) is 6.54 Å². The molecule has 0 aliphatic heterocycles. The number of carbonyl (C=O) groups excluding carboxylic acids is 2. The number of nitrogens with one attached hydrogen (secondary N) is 2. The smallest absolute Gasteiger partial charge is 0.352 e. The molecule has 2 unspecified atom stereocenters. The van der Waals surface area contributed by atoms with Gasteiger partial charge in [-0.25, -0.2) is 0 Å². The third-order valence-electron chi connectivity index (χ3n) is 3.44. The first-order valence-corrected chi connectivity index (χ1v) is 7.18. The second kappa shape index (κ2) is 6.62. The van der Waals surface area contributed by atoms with Crippen LogP contribution in [-0.4, -0.2) is 18.4 Å². The number of benzene rings is 1. The van der Waals surface area contributed by atoms with Crippen LogP contribution in [0.2, 0.25) is 5.02 Å². The van der Waals surface area contributed by atoms with E-state index in [1.54, 1.807) is 0 Å². The van der Waals surface area contributed by atoms with E-state index in [9.17, 15) is 22.8 Å². The fourth-order valence-electron chi connectivity index (χ4n) is 2.10. The van der Waals surface area contributed by atoms with Crippen molar-refractivity contribution in [3.8, 4) is 0 Å². The maximum atomic E-state index is 12.7. The second-order valence-electron chi connectivity index (χ2n) is 5.16. The number of rotatable bonds is 5. The van der Waals surface area contributed by atoms with Gasteiger partial charge in [-0.15, -0.1) is 6.58 Å². The first kappa shape index (κ1) is 17.3. The molecule has 1 aromatic rings. The number of hydrogen-bond donors (Lipinski definition) is 2. The van der Waals surface area contributed by atoms with Crippen LogP contribution in [0.15, 0.2) is 30.9 Å². The van der Waals surface area contributed by atoms with E-state index in [-0.39, 0.29) is 16.6 Å². The summed E-state index contributed by atoms with van der Waals surface area (Å²) in [4.78, 5) is 23.7. The monoisotopic (exact) mass is 346 g/mol. The summed E-state index contributed by atoms with van der Waals surface area (Å²) in [5.74, 6) is -1.84. The Kier molecular flexibility index (Phi) is 4.99. The van der Waals surface area contributed by atoms with E-state index in [0.29, 0.717) is 13.0 Å². The molecule has 2 atom stereocenters. The lowest BCUT2D eigenvalue weighted by Crippen LogP contribution is -2.27. The minimum Gasteiger partial charge on any atom is -0.352 e. The van der Waals surface area contributed by atoms with Crippen molar-refractivity contribution in [3.63, 3.8) is 0 Å². The molecule has 2 N–H and O–H groups in total. The van der Waals surface area contributed by atoms with Crippen LogP contribution in [-0.2, 0) is 15.8 Å². The lowest BCUT2D eigenvalue weighted by molar-refractivity contribution is -0.137. The molecular formula is C15H14ClF3N2O2. The zero-order valence-corrected chi connectivity index (χ0v) is 12.7. The van der Waals surface area contributed by atoms with Crippen molar-refractivity contribution >= 4 is 29.1 Å². The molecular weight excluding hydrogens is 333 g/mol. The number of anilines is 1. The minimum absolute atomic E-state index is 0.000316. The number of alkyl halides is 3. The highest BCUT2D eigenvalue weighted by molar-refractivity contribution is 6.33. The molecule has 8 heteroatoms. The van der Waals surface area contributed by atoms with Crippen molar-refractivity contribution in [1.29, 1.82) is 0 Å². The standard InChI is InChI=1S/C15H14ClF3N2O2/c1-2-5-20-13(22)9-7-10(9)14(23)21-12-6-8(15(17,18)19)3-4-11(12)16/h2-4,6,9-10H,1,5,7H2,(H,20,22)(H,21,23). The summed E-state index contributed by atoms with van der Waals surface area (Å²) in [7, 11) is 0. The molecule has 2 rings (SSSR count). The summed E-state index contributed by atoms with van der Waals surface area (Å²) in [6, 6.07) is 2.68. The molecule has 1 aliphatic carbocycles. The van der Waals surface area contributed by atoms with Gasteiger partial charge in [-0.3, -0.25) is 9.59 Å². The molecule has 4 nitrogen and oxygen atoms in total. The lowest BCUT2D eigenvalue weighted by atomic mass is 10.2. The van der Waals surface area contributed by atoms with Crippen molar-refractivity contribution in [1.82, 2.24) is 5.32 Å². The Bertz CT molecular complexity index is 646. The average molecular weight is 347 g/mol. The quantitative estimate of drug-likeness (QED) is 0.804. The van der Waals surface area contributed by atoms with Crippen molar-refractivity contribution < 1.29 is 22.8 Å². The third kappa shape index (κ3) is 4.25. The number of hydrogen-bond acceptors (Lipinski definition) is 2. The van der Waals surface area contributed by atoms with Crippen LogP contribution in [0.1, 0.15) is 12.0 Å². The van der Waals surface area contributed by atoms with Crippen molar-refractivity contribution in [3.05, 3.63) is 41.4 Å². The summed E-state index contributed by atoms with van der Waals surface area (Å²) in [6.07, 6.45) is -2.67. The molecule has 0 spiro atoms. The van der Waals surface area contributed by atoms with Crippen molar-refractivity contribution in [2.45, 2.75) is 12.6 Å². The van der Waals surface area contributed by atoms with Crippen molar-refractivity contribution in [2.75, 3.05) is 11.9 Å². The normalized spacial score (nSPS) is 19.8. The van der Waals surface area contributed by atoms with Crippen LogP contribution in [0.25, 0.3) is 0 Å². The molecule has 23 heavy (non-hydrogen) atoms. The average Bonchev–Trinajstić information content (AvgIpc) is 3.26. The molecule has 0 bridgehead atoms. The molecule has 1 saturated carbocycles. The summed E-state index contributed by atoms with van der Waals surface area (Å²) in [6.45, 7) is 3.75. The van der Waals surface area contributed by atoms with Gasteiger partial charge in [0.1, 0.15) is 0 Å². The van der Waals surface area contributed by atoms with Gasteiger partial charge in [-0.1, -0.05) is 17.7 Å². The van der Waals surface area contributed by atoms with Gasteiger partial charge in [0.25, 0.3) is 0 Å². The van der Waals surface area contributed by atoms with Gasteiger partial charge in [0.15, 0.2) is 0 Å². The van der Waals surface area contributed by atoms with Crippen molar-refractivity contribution in [2.24, 2.45) is 11.8 Å². The molecule has 1 fully saturated rings. The van der Waals surface area contributed by atoms with Crippen LogP contribution >= 0.6 is 11.6 Å². The van der Waals surface area contributed by atoms with Crippen LogP contribution < -0.4 is 10.6 Å². The molecule has 1 aromatic carbocycles. The Morgan fingerprint density at radius 1 is 1.30 bits per heavy atom. The molecule has 124 valence electrons. The van der Waals surface area contributed by atoms with E-state index in [2.05, 4.69) is 17.2 Å². The Morgan fingerprint density at radius 2 is 1.96 bits per heavy atom. The first-order chi connectivity index (χ1) is 10.7. The third-order valence-corrected chi connectivity index (χ3v) is 3.77. The number of amides is 2. The minimum atomic E-state index is -4.53. The molecule has 0 aromatic heterocycles. The zero-order chi connectivity index (χ0) is 17.2. The Hall–Kier alpha value is -2.02. The summed E-state index contributed by atoms with van der Waals surface area (Å²) >= 11 is 5.81. The van der Waals surface area contributed by atoms with Crippen LogP contribution in [0, 0.1) is 11.8 Å². The summed E-state index contributed by atoms with van der Waals surface area (Å²) < 4.78 is 38.0. The topological polar surface area (TPSA) is 58.2 Å². The number of halogens is 4. The molecule has 0 heterocycles. The highest BCUT2D eigenvalue weighted by atomic mass is 35.5. The SMILES string of the molecule is C=CCNC(=O)C1CC1C(=O)Nc1cc(C(F)(F)F)ccc1Cl. The summed E-state index contributed by atoms with van der Waals surface area (Å²) in [5, 5.41) is 4.93. The van der Waals surface area contributed by atoms with Gasteiger partial charge in [-0.05, 0) is 24.6 Å². The van der Waals surface area contributed by atoms with E-state index < -0.39 is 29.5 Å². The van der Waals surface area contributed by atoms with Crippen LogP contribution in [0.5, 0.6) is 0 Å². The Labute approximate surface area is 135 Å². The van der Waals surface area contributed by atoms with E-state index in [4.69, 9.17) is 11.6 Å². The Balaban J connectivity index is 2.02. The first-order valence-electron chi connectivity index (χ1n) is 6.80. The van der Waals surface area contributed by atoms with E-state index in [0.717, 1.165) is 18.2 Å². The molecule has 2 amide bonds. The van der Waals surface area contributed by atoms with E-state index in [1.165, 1.54) is 6.08 Å². The maximum absolute atomic E-state index is 12.7. The molecule has 0 radical (unpaired) electrons. The van der Waals surface area contributed by atoms with E-state index >= 15 is 0 Å². The summed E-state index contributed by atoms with van der Waals surface area (Å²) in [5.41, 5.74) is -1.03. The maximum Gasteiger partial charge on any atom is 0.416 e. The fraction of sp³-hybridized carbons (Fsp3) is 0.333. The highest BCUT2D eigenvalue weighted by Gasteiger charge is 2.48. The van der Waals surface area contributed by atoms with Gasteiger partial charge in [0.05, 0.1) is 28.1 Å². The predicted octanol–water partition coefficient (Wildman–Crippen LogP) is 3.24. The van der Waals surface area contributed by atoms with Gasteiger partial charge in [-0.2, -0.15) is 13.2 Å². The zero-order valence-electron chi connectivity index (χ0n) is 11.9. The second-order valence-corrected chi connectivity index (χ2v) is 5.57. The Morgan fingerprint density at radius 3 is 2.57 bits per heavy atom.